The molecule has 0 saturated heterocycles. The average molecular weight is 375 g/mol. The fraction of sp³-hybridized carbons (Fsp3) is 0.368. The predicted molar refractivity (Wildman–Crippen MR) is 102 cm³/mol. The Balaban J connectivity index is 2.01. The Bertz CT molecular complexity index is 819. The maximum Gasteiger partial charge on any atom is 0.238 e. The third kappa shape index (κ3) is 6.24. The molecule has 0 unspecified atom stereocenters. The van der Waals surface area contributed by atoms with Crippen LogP contribution in [0.2, 0.25) is 0 Å². The summed E-state index contributed by atoms with van der Waals surface area (Å²) in [6.45, 7) is 5.86. The highest BCUT2D eigenvalue weighted by molar-refractivity contribution is 7.88. The van der Waals surface area contributed by atoms with Crippen molar-refractivity contribution in [2.45, 2.75) is 39.1 Å². The molecule has 1 heterocycles. The normalized spacial score (nSPS) is 12.8. The van der Waals surface area contributed by atoms with E-state index in [-0.39, 0.29) is 17.6 Å². The molecule has 6 nitrogen and oxygen atoms in total. The van der Waals surface area contributed by atoms with Crippen molar-refractivity contribution in [2.75, 3.05) is 0 Å². The maximum atomic E-state index is 12.5. The third-order valence-corrected chi connectivity index (χ3v) is 5.25. The summed E-state index contributed by atoms with van der Waals surface area (Å²) in [6, 6.07) is 10.1. The number of aromatic nitrogens is 1. The number of benzene rings is 1. The largest absolute Gasteiger partial charge is 0.351 e. The van der Waals surface area contributed by atoms with Crippen LogP contribution in [-0.4, -0.2) is 25.4 Å². The Kier molecular flexibility index (Phi) is 6.88. The van der Waals surface area contributed by atoms with Crippen LogP contribution >= 0.6 is 0 Å². The Morgan fingerprint density at radius 1 is 1.12 bits per heavy atom. The molecule has 0 radical (unpaired) electrons. The summed E-state index contributed by atoms with van der Waals surface area (Å²) in [7, 11) is -3.64. The first kappa shape index (κ1) is 20.1. The van der Waals surface area contributed by atoms with Crippen LogP contribution in [0.15, 0.2) is 48.8 Å². The van der Waals surface area contributed by atoms with E-state index in [1.54, 1.807) is 30.6 Å². The maximum absolute atomic E-state index is 12.5. The molecule has 2 aromatic rings. The average Bonchev–Trinajstić information content (AvgIpc) is 2.60. The van der Waals surface area contributed by atoms with E-state index in [0.29, 0.717) is 12.1 Å². The fourth-order valence-electron chi connectivity index (χ4n) is 2.43. The van der Waals surface area contributed by atoms with Crippen molar-refractivity contribution in [3.8, 4) is 0 Å². The van der Waals surface area contributed by atoms with Crippen molar-refractivity contribution in [3.63, 3.8) is 0 Å². The van der Waals surface area contributed by atoms with E-state index in [1.165, 1.54) is 0 Å². The zero-order chi connectivity index (χ0) is 19.2. The first-order valence-corrected chi connectivity index (χ1v) is 10.1. The molecule has 2 rings (SSSR count). The first-order chi connectivity index (χ1) is 12.3. The SMILES string of the molecule is Cc1ccc(CS(=O)(=O)N[C@H](C(=O)NCc2cccnc2)C(C)C)cc1. The number of carbonyl (C=O) groups is 1. The number of carbonyl (C=O) groups excluding carboxylic acids is 1. The lowest BCUT2D eigenvalue weighted by Gasteiger charge is -2.21. The molecule has 1 aromatic heterocycles. The van der Waals surface area contributed by atoms with E-state index >= 15 is 0 Å². The summed E-state index contributed by atoms with van der Waals surface area (Å²) in [5.41, 5.74) is 2.60. The van der Waals surface area contributed by atoms with E-state index in [4.69, 9.17) is 0 Å². The molecule has 140 valence electrons. The van der Waals surface area contributed by atoms with E-state index in [2.05, 4.69) is 15.0 Å². The molecule has 0 bridgehead atoms. The van der Waals surface area contributed by atoms with Gasteiger partial charge in [-0.05, 0) is 30.0 Å². The minimum Gasteiger partial charge on any atom is -0.351 e. The second kappa shape index (κ2) is 8.91. The molecule has 26 heavy (non-hydrogen) atoms. The van der Waals surface area contributed by atoms with Gasteiger partial charge in [0, 0.05) is 18.9 Å². The Hall–Kier alpha value is -2.25. The zero-order valence-electron chi connectivity index (χ0n) is 15.3. The van der Waals surface area contributed by atoms with Crippen LogP contribution in [0.4, 0.5) is 0 Å². The molecule has 0 saturated carbocycles. The number of sulfonamides is 1. The van der Waals surface area contributed by atoms with Crippen LogP contribution in [0.1, 0.15) is 30.5 Å². The second-order valence-corrected chi connectivity index (χ2v) is 8.42. The van der Waals surface area contributed by atoms with Gasteiger partial charge in [-0.2, -0.15) is 0 Å². The van der Waals surface area contributed by atoms with E-state index in [1.807, 2.05) is 39.0 Å². The van der Waals surface area contributed by atoms with Crippen molar-refractivity contribution in [3.05, 3.63) is 65.5 Å². The van der Waals surface area contributed by atoms with Crippen LogP contribution in [0, 0.1) is 12.8 Å². The number of nitrogens with one attached hydrogen (secondary N) is 2. The molecule has 0 aliphatic rings. The van der Waals surface area contributed by atoms with Gasteiger partial charge in [0.2, 0.25) is 15.9 Å². The van der Waals surface area contributed by atoms with E-state index in [9.17, 15) is 13.2 Å². The molecule has 0 spiro atoms. The van der Waals surface area contributed by atoms with Gasteiger partial charge in [-0.3, -0.25) is 9.78 Å². The lowest BCUT2D eigenvalue weighted by molar-refractivity contribution is -0.123. The molecular formula is C19H25N3O3S. The van der Waals surface area contributed by atoms with Crippen LogP contribution in [0.25, 0.3) is 0 Å². The van der Waals surface area contributed by atoms with Crippen molar-refractivity contribution >= 4 is 15.9 Å². The number of hydrogen-bond acceptors (Lipinski definition) is 4. The molecule has 1 atom stereocenters. The molecule has 0 fully saturated rings. The Labute approximate surface area is 155 Å². The van der Waals surface area contributed by atoms with Crippen molar-refractivity contribution < 1.29 is 13.2 Å². The highest BCUT2D eigenvalue weighted by Gasteiger charge is 2.27. The number of aryl methyl sites for hydroxylation is 1. The lowest BCUT2D eigenvalue weighted by Crippen LogP contribution is -2.49. The molecular weight excluding hydrogens is 350 g/mol. The van der Waals surface area contributed by atoms with Gasteiger partial charge in [-0.15, -0.1) is 0 Å². The van der Waals surface area contributed by atoms with Crippen LogP contribution in [-0.2, 0) is 27.1 Å². The summed E-state index contributed by atoms with van der Waals surface area (Å²) in [4.78, 5) is 16.5. The minimum absolute atomic E-state index is 0.160. The summed E-state index contributed by atoms with van der Waals surface area (Å²) >= 11 is 0. The van der Waals surface area contributed by atoms with Gasteiger partial charge < -0.3 is 5.32 Å². The van der Waals surface area contributed by atoms with Crippen LogP contribution in [0.5, 0.6) is 0 Å². The van der Waals surface area contributed by atoms with Crippen LogP contribution < -0.4 is 10.0 Å². The van der Waals surface area contributed by atoms with E-state index < -0.39 is 16.1 Å². The van der Waals surface area contributed by atoms with E-state index in [0.717, 1.165) is 11.1 Å². The van der Waals surface area contributed by atoms with Crippen molar-refractivity contribution in [2.24, 2.45) is 5.92 Å². The van der Waals surface area contributed by atoms with Gasteiger partial charge in [-0.25, -0.2) is 13.1 Å². The molecule has 7 heteroatoms. The number of rotatable bonds is 8. The van der Waals surface area contributed by atoms with Gasteiger partial charge in [0.1, 0.15) is 6.04 Å². The summed E-state index contributed by atoms with van der Waals surface area (Å²) in [6.07, 6.45) is 3.31. The molecule has 0 aliphatic carbocycles. The smallest absolute Gasteiger partial charge is 0.238 e. The van der Waals surface area contributed by atoms with Gasteiger partial charge >= 0.3 is 0 Å². The monoisotopic (exact) mass is 375 g/mol. The van der Waals surface area contributed by atoms with Crippen molar-refractivity contribution in [1.82, 2.24) is 15.0 Å². The van der Waals surface area contributed by atoms with Gasteiger partial charge in [0.25, 0.3) is 0 Å². The summed E-state index contributed by atoms with van der Waals surface area (Å²) in [5, 5.41) is 2.77. The lowest BCUT2D eigenvalue weighted by atomic mass is 10.0. The molecule has 0 aliphatic heterocycles. The fourth-order valence-corrected chi connectivity index (χ4v) is 3.91. The van der Waals surface area contributed by atoms with Gasteiger partial charge in [0.05, 0.1) is 5.75 Å². The van der Waals surface area contributed by atoms with Crippen LogP contribution in [0.3, 0.4) is 0 Å². The Morgan fingerprint density at radius 2 is 1.81 bits per heavy atom. The number of amides is 1. The third-order valence-electron chi connectivity index (χ3n) is 3.92. The van der Waals surface area contributed by atoms with Crippen molar-refractivity contribution in [1.29, 1.82) is 0 Å². The topological polar surface area (TPSA) is 88.2 Å². The standard InChI is InChI=1S/C19H25N3O3S/c1-14(2)18(19(23)21-12-17-5-4-10-20-11-17)22-26(24,25)13-16-8-6-15(3)7-9-16/h4-11,14,18,22H,12-13H2,1-3H3,(H,21,23)/t18-/m0/s1. The number of hydrogen-bond donors (Lipinski definition) is 2. The predicted octanol–water partition coefficient (Wildman–Crippen LogP) is 2.15. The molecule has 2 N–H and O–H groups in total. The first-order valence-electron chi connectivity index (χ1n) is 8.49. The second-order valence-electron chi connectivity index (χ2n) is 6.66. The number of pyridine rings is 1. The molecule has 1 amide bonds. The van der Waals surface area contributed by atoms with Gasteiger partial charge in [0.15, 0.2) is 0 Å². The highest BCUT2D eigenvalue weighted by Crippen LogP contribution is 2.10. The quantitative estimate of drug-likeness (QED) is 0.740. The zero-order valence-corrected chi connectivity index (χ0v) is 16.1. The Morgan fingerprint density at radius 3 is 2.38 bits per heavy atom. The summed E-state index contributed by atoms with van der Waals surface area (Å²) in [5.74, 6) is -0.695. The highest BCUT2D eigenvalue weighted by atomic mass is 32.2. The number of nitrogens with zero attached hydrogens (tertiary/aromatic N) is 1. The molecule has 1 aromatic carbocycles. The summed E-state index contributed by atoms with van der Waals surface area (Å²) < 4.78 is 27.5. The van der Waals surface area contributed by atoms with Gasteiger partial charge in [-0.1, -0.05) is 49.7 Å². The minimum atomic E-state index is -3.64.